The lowest BCUT2D eigenvalue weighted by atomic mass is 10.1. The Bertz CT molecular complexity index is 884. The van der Waals surface area contributed by atoms with Gasteiger partial charge in [-0.1, -0.05) is 24.3 Å². The molecule has 1 saturated heterocycles. The van der Waals surface area contributed by atoms with Gasteiger partial charge in [-0.05, 0) is 29.3 Å². The molecule has 0 bridgehead atoms. The number of hydrogen-bond donors (Lipinski definition) is 1. The number of ether oxygens (including phenoxy) is 2. The molecule has 2 heterocycles. The smallest absolute Gasteiger partial charge is 0.387 e. The number of nitrogens with one attached hydrogen (secondary N) is 1. The van der Waals surface area contributed by atoms with Gasteiger partial charge in [0.1, 0.15) is 5.75 Å². The third kappa shape index (κ3) is 3.84. The summed E-state index contributed by atoms with van der Waals surface area (Å²) in [5.41, 5.74) is 3.05. The number of fused-ring (bicyclic) bond motifs is 1. The largest absolute Gasteiger partial charge is 0.435 e. The molecule has 26 heavy (non-hydrogen) atoms. The van der Waals surface area contributed by atoms with Gasteiger partial charge >= 0.3 is 6.61 Å². The van der Waals surface area contributed by atoms with Crippen molar-refractivity contribution >= 4 is 10.9 Å². The molecular weight excluding hydrogens is 340 g/mol. The molecule has 0 amide bonds. The summed E-state index contributed by atoms with van der Waals surface area (Å²) in [5, 5.41) is 8.12. The first-order valence-electron chi connectivity index (χ1n) is 8.48. The Morgan fingerprint density at radius 1 is 1.27 bits per heavy atom. The number of benzene rings is 2. The zero-order valence-electron chi connectivity index (χ0n) is 14.1. The number of morpholine rings is 1. The Balaban J connectivity index is 1.45. The highest BCUT2D eigenvalue weighted by Gasteiger charge is 2.22. The minimum absolute atomic E-state index is 0.155. The molecule has 7 heteroatoms. The maximum Gasteiger partial charge on any atom is 0.387 e. The average molecular weight is 359 g/mol. The summed E-state index contributed by atoms with van der Waals surface area (Å²) in [6.45, 7) is 0.0782. The first-order valence-corrected chi connectivity index (χ1v) is 8.48. The monoisotopic (exact) mass is 359 g/mol. The Morgan fingerprint density at radius 2 is 2.19 bits per heavy atom. The van der Waals surface area contributed by atoms with Crippen LogP contribution in [0.1, 0.15) is 17.2 Å². The fourth-order valence-electron chi connectivity index (χ4n) is 3.28. The van der Waals surface area contributed by atoms with Gasteiger partial charge in [-0.3, -0.25) is 10.00 Å². The molecule has 4 rings (SSSR count). The number of alkyl halides is 2. The Hall–Kier alpha value is -2.51. The van der Waals surface area contributed by atoms with Crippen molar-refractivity contribution < 1.29 is 18.3 Å². The maximum atomic E-state index is 12.4. The molecule has 0 spiro atoms. The number of rotatable bonds is 5. The topological polar surface area (TPSA) is 50.4 Å². The van der Waals surface area contributed by atoms with E-state index in [0.29, 0.717) is 13.2 Å². The molecule has 1 N–H and O–H groups in total. The minimum atomic E-state index is -2.83. The van der Waals surface area contributed by atoms with Crippen LogP contribution in [-0.4, -0.2) is 41.4 Å². The fourth-order valence-corrected chi connectivity index (χ4v) is 3.28. The molecule has 0 radical (unpaired) electrons. The lowest BCUT2D eigenvalue weighted by Crippen LogP contribution is -2.37. The molecule has 1 unspecified atom stereocenters. The van der Waals surface area contributed by atoms with Gasteiger partial charge in [-0.2, -0.15) is 13.9 Å². The van der Waals surface area contributed by atoms with Gasteiger partial charge in [-0.15, -0.1) is 0 Å². The highest BCUT2D eigenvalue weighted by atomic mass is 19.3. The average Bonchev–Trinajstić information content (AvgIpc) is 3.09. The van der Waals surface area contributed by atoms with Gasteiger partial charge in [0.05, 0.1) is 24.4 Å². The van der Waals surface area contributed by atoms with Gasteiger partial charge in [0.15, 0.2) is 0 Å². The summed E-state index contributed by atoms with van der Waals surface area (Å²) in [6, 6.07) is 13.0. The van der Waals surface area contributed by atoms with Crippen molar-refractivity contribution in [3.05, 3.63) is 59.8 Å². The van der Waals surface area contributed by atoms with Crippen LogP contribution in [0.2, 0.25) is 0 Å². The minimum Gasteiger partial charge on any atom is -0.435 e. The van der Waals surface area contributed by atoms with Crippen LogP contribution < -0.4 is 4.74 Å². The van der Waals surface area contributed by atoms with Crippen molar-refractivity contribution in [3.8, 4) is 5.75 Å². The van der Waals surface area contributed by atoms with Crippen molar-refractivity contribution in [2.45, 2.75) is 19.3 Å². The number of halogens is 2. The molecule has 1 atom stereocenters. The summed E-state index contributed by atoms with van der Waals surface area (Å²) in [7, 11) is 0. The molecule has 1 aromatic heterocycles. The molecule has 1 aliphatic heterocycles. The zero-order chi connectivity index (χ0) is 17.9. The third-order valence-electron chi connectivity index (χ3n) is 4.52. The van der Waals surface area contributed by atoms with E-state index in [4.69, 9.17) is 4.74 Å². The van der Waals surface area contributed by atoms with Gasteiger partial charge in [0.2, 0.25) is 0 Å². The predicted octanol–water partition coefficient (Wildman–Crippen LogP) is 3.74. The van der Waals surface area contributed by atoms with E-state index >= 15 is 0 Å². The Kier molecular flexibility index (Phi) is 4.81. The van der Waals surface area contributed by atoms with Gasteiger partial charge in [-0.25, -0.2) is 0 Å². The first-order chi connectivity index (χ1) is 12.7. The van der Waals surface area contributed by atoms with E-state index in [-0.39, 0.29) is 11.9 Å². The van der Waals surface area contributed by atoms with E-state index < -0.39 is 6.61 Å². The van der Waals surface area contributed by atoms with E-state index in [9.17, 15) is 8.78 Å². The first kappa shape index (κ1) is 16.9. The standard InChI is InChI=1S/C19H19F2N3O2/c20-19(21)26-16-3-1-2-14(9-16)18-12-24(6-7-25-18)11-13-4-5-15-10-22-23-17(15)8-13/h1-5,8-10,18-19H,6-7,11-12H2,(H,22,23). The van der Waals surface area contributed by atoms with Crippen LogP contribution in [0.15, 0.2) is 48.7 Å². The van der Waals surface area contributed by atoms with Crippen LogP contribution in [0.5, 0.6) is 5.75 Å². The second-order valence-corrected chi connectivity index (χ2v) is 6.34. The molecule has 0 saturated carbocycles. The van der Waals surface area contributed by atoms with Crippen molar-refractivity contribution in [3.63, 3.8) is 0 Å². The van der Waals surface area contributed by atoms with Crippen molar-refractivity contribution in [2.24, 2.45) is 0 Å². The Labute approximate surface area is 149 Å². The molecule has 1 fully saturated rings. The molecule has 0 aliphatic carbocycles. The predicted molar refractivity (Wildman–Crippen MR) is 93.1 cm³/mol. The highest BCUT2D eigenvalue weighted by molar-refractivity contribution is 5.78. The van der Waals surface area contributed by atoms with E-state index in [0.717, 1.165) is 29.6 Å². The van der Waals surface area contributed by atoms with Crippen molar-refractivity contribution in [2.75, 3.05) is 19.7 Å². The lowest BCUT2D eigenvalue weighted by Gasteiger charge is -2.33. The molecule has 1 aliphatic rings. The lowest BCUT2D eigenvalue weighted by molar-refractivity contribution is -0.0509. The highest BCUT2D eigenvalue weighted by Crippen LogP contribution is 2.27. The quantitative estimate of drug-likeness (QED) is 0.754. The molecule has 136 valence electrons. The number of aromatic nitrogens is 2. The second-order valence-electron chi connectivity index (χ2n) is 6.34. The van der Waals surface area contributed by atoms with Gasteiger partial charge < -0.3 is 9.47 Å². The number of aromatic amines is 1. The van der Waals surface area contributed by atoms with Crippen LogP contribution in [0.25, 0.3) is 10.9 Å². The van der Waals surface area contributed by atoms with Gasteiger partial charge in [0, 0.05) is 25.0 Å². The number of nitrogens with zero attached hydrogens (tertiary/aromatic N) is 2. The second kappa shape index (κ2) is 7.39. The maximum absolute atomic E-state index is 12.4. The Morgan fingerprint density at radius 3 is 3.08 bits per heavy atom. The number of hydrogen-bond acceptors (Lipinski definition) is 4. The van der Waals surface area contributed by atoms with Crippen LogP contribution in [0, 0.1) is 0 Å². The molecule has 3 aromatic rings. The van der Waals surface area contributed by atoms with Crippen molar-refractivity contribution in [1.82, 2.24) is 15.1 Å². The van der Waals surface area contributed by atoms with Crippen LogP contribution in [0.3, 0.4) is 0 Å². The summed E-state index contributed by atoms with van der Waals surface area (Å²) >= 11 is 0. The van der Waals surface area contributed by atoms with E-state index in [2.05, 4.69) is 38.0 Å². The summed E-state index contributed by atoms with van der Waals surface area (Å²) in [6.07, 6.45) is 1.64. The van der Waals surface area contributed by atoms with Crippen LogP contribution >= 0.6 is 0 Å². The van der Waals surface area contributed by atoms with E-state index in [1.54, 1.807) is 18.3 Å². The number of H-pyrrole nitrogens is 1. The van der Waals surface area contributed by atoms with Crippen LogP contribution in [-0.2, 0) is 11.3 Å². The SMILES string of the molecule is FC(F)Oc1cccc(C2CN(Cc3ccc4cn[nH]c4c3)CCO2)c1. The van der Waals surface area contributed by atoms with Crippen molar-refractivity contribution in [1.29, 1.82) is 0 Å². The zero-order valence-corrected chi connectivity index (χ0v) is 14.1. The van der Waals surface area contributed by atoms with E-state index in [1.807, 2.05) is 6.07 Å². The molecule has 2 aromatic carbocycles. The van der Waals surface area contributed by atoms with Crippen LogP contribution in [0.4, 0.5) is 8.78 Å². The normalized spacial score (nSPS) is 18.5. The summed E-state index contributed by atoms with van der Waals surface area (Å²) < 4.78 is 35.2. The van der Waals surface area contributed by atoms with Gasteiger partial charge in [0.25, 0.3) is 0 Å². The van der Waals surface area contributed by atoms with E-state index in [1.165, 1.54) is 11.6 Å². The summed E-state index contributed by atoms with van der Waals surface area (Å²) in [5.74, 6) is 0.155. The molecule has 5 nitrogen and oxygen atoms in total. The fraction of sp³-hybridized carbons (Fsp3) is 0.316. The molecular formula is C19H19F2N3O2. The third-order valence-corrected chi connectivity index (χ3v) is 4.52. The summed E-state index contributed by atoms with van der Waals surface area (Å²) in [4.78, 5) is 2.30.